The summed E-state index contributed by atoms with van der Waals surface area (Å²) in [5.41, 5.74) is 1.22. The van der Waals surface area contributed by atoms with Gasteiger partial charge in [-0.1, -0.05) is 30.3 Å². The molecule has 3 nitrogen and oxygen atoms in total. The molecule has 1 aromatic rings. The van der Waals surface area contributed by atoms with E-state index in [9.17, 15) is 5.11 Å². The van der Waals surface area contributed by atoms with Gasteiger partial charge in [-0.3, -0.25) is 4.90 Å². The molecule has 2 atom stereocenters. The molecule has 0 spiro atoms. The number of benzene rings is 1. The number of hydrogen-bond donors (Lipinski definition) is 2. The van der Waals surface area contributed by atoms with E-state index in [1.54, 1.807) is 0 Å². The fourth-order valence-electron chi connectivity index (χ4n) is 1.84. The lowest BCUT2D eigenvalue weighted by Gasteiger charge is -2.44. The second-order valence-electron chi connectivity index (χ2n) is 3.73. The van der Waals surface area contributed by atoms with Crippen LogP contribution < -0.4 is 0 Å². The Balaban J connectivity index is 1.93. The van der Waals surface area contributed by atoms with Crippen LogP contribution >= 0.6 is 0 Å². The van der Waals surface area contributed by atoms with Gasteiger partial charge >= 0.3 is 0 Å². The lowest BCUT2D eigenvalue weighted by atomic mass is 9.99. The van der Waals surface area contributed by atoms with Gasteiger partial charge < -0.3 is 10.2 Å². The Bertz CT molecular complexity index is 289. The number of hydrogen-bond acceptors (Lipinski definition) is 3. The maximum Gasteiger partial charge on any atom is 0.0844 e. The molecule has 0 aromatic heterocycles. The summed E-state index contributed by atoms with van der Waals surface area (Å²) in [6.07, 6.45) is -0.358. The number of nitrogens with zero attached hydrogens (tertiary/aromatic N) is 1. The quantitative estimate of drug-likeness (QED) is 0.722. The molecule has 2 N–H and O–H groups in total. The van der Waals surface area contributed by atoms with Crippen LogP contribution in [0.15, 0.2) is 30.3 Å². The highest BCUT2D eigenvalue weighted by Gasteiger charge is 2.36. The molecule has 14 heavy (non-hydrogen) atoms. The number of aliphatic hydroxyl groups is 2. The predicted octanol–water partition coefficient (Wildman–Crippen LogP) is 0.224. The Morgan fingerprint density at radius 2 is 2.00 bits per heavy atom. The first-order valence-electron chi connectivity index (χ1n) is 4.88. The first kappa shape index (κ1) is 9.65. The zero-order valence-corrected chi connectivity index (χ0v) is 8.00. The number of β-amino-alcohol motifs (C(OH)–C–C–N with tert-alkyl or cyclic N) is 1. The highest BCUT2D eigenvalue weighted by molar-refractivity contribution is 5.15. The molecule has 0 saturated carbocycles. The Hall–Kier alpha value is -0.900. The molecule has 0 radical (unpaired) electrons. The van der Waals surface area contributed by atoms with Crippen LogP contribution in [0.5, 0.6) is 0 Å². The number of aliphatic hydroxyl groups excluding tert-OH is 2. The standard InChI is InChI=1S/C11H15NO2/c13-8-10-11(14)7-12(10)6-9-4-2-1-3-5-9/h1-5,10-11,13-14H,6-8H2. The van der Waals surface area contributed by atoms with Crippen molar-refractivity contribution in [2.75, 3.05) is 13.2 Å². The molecular formula is C11H15NO2. The summed E-state index contributed by atoms with van der Waals surface area (Å²) < 4.78 is 0. The van der Waals surface area contributed by atoms with Crippen LogP contribution in [-0.2, 0) is 6.54 Å². The molecule has 1 aliphatic rings. The SMILES string of the molecule is OCC1C(O)CN1Cc1ccccc1. The van der Waals surface area contributed by atoms with Gasteiger partial charge in [-0.25, -0.2) is 0 Å². The van der Waals surface area contributed by atoms with Crippen molar-refractivity contribution in [3.8, 4) is 0 Å². The number of rotatable bonds is 3. The molecule has 2 rings (SSSR count). The van der Waals surface area contributed by atoms with Crippen LogP contribution in [-0.4, -0.2) is 40.4 Å². The van der Waals surface area contributed by atoms with Crippen molar-refractivity contribution < 1.29 is 10.2 Å². The van der Waals surface area contributed by atoms with E-state index >= 15 is 0 Å². The summed E-state index contributed by atoms with van der Waals surface area (Å²) in [4.78, 5) is 2.08. The molecule has 1 fully saturated rings. The van der Waals surface area contributed by atoms with Crippen LogP contribution in [0.3, 0.4) is 0 Å². The van der Waals surface area contributed by atoms with E-state index in [0.717, 1.165) is 6.54 Å². The zero-order chi connectivity index (χ0) is 9.97. The maximum atomic E-state index is 9.35. The molecular weight excluding hydrogens is 178 g/mol. The summed E-state index contributed by atoms with van der Waals surface area (Å²) in [5, 5.41) is 18.4. The molecule has 1 heterocycles. The number of likely N-dealkylation sites (tertiary alicyclic amines) is 1. The van der Waals surface area contributed by atoms with E-state index < -0.39 is 0 Å². The van der Waals surface area contributed by atoms with Crippen LogP contribution in [0.1, 0.15) is 5.56 Å². The van der Waals surface area contributed by atoms with Crippen LogP contribution in [0, 0.1) is 0 Å². The molecule has 0 aliphatic carbocycles. The summed E-state index contributed by atoms with van der Waals surface area (Å²) in [7, 11) is 0. The minimum Gasteiger partial charge on any atom is -0.395 e. The summed E-state index contributed by atoms with van der Waals surface area (Å²) >= 11 is 0. The van der Waals surface area contributed by atoms with Gasteiger partial charge in [0.15, 0.2) is 0 Å². The summed E-state index contributed by atoms with van der Waals surface area (Å²) in [5.74, 6) is 0. The Kier molecular flexibility index (Phi) is 2.82. The largest absolute Gasteiger partial charge is 0.395 e. The third-order valence-electron chi connectivity index (χ3n) is 2.75. The van der Waals surface area contributed by atoms with E-state index in [0.29, 0.717) is 6.54 Å². The molecule has 1 aliphatic heterocycles. The topological polar surface area (TPSA) is 43.7 Å². The van der Waals surface area contributed by atoms with Gasteiger partial charge in [0.2, 0.25) is 0 Å². The molecule has 2 unspecified atom stereocenters. The third-order valence-corrected chi connectivity index (χ3v) is 2.75. The lowest BCUT2D eigenvalue weighted by molar-refractivity contribution is -0.0866. The van der Waals surface area contributed by atoms with E-state index in [2.05, 4.69) is 17.0 Å². The molecule has 0 bridgehead atoms. The minimum atomic E-state index is -0.358. The van der Waals surface area contributed by atoms with Gasteiger partial charge in [-0.2, -0.15) is 0 Å². The van der Waals surface area contributed by atoms with E-state index in [1.807, 2.05) is 18.2 Å². The van der Waals surface area contributed by atoms with E-state index in [1.165, 1.54) is 5.56 Å². The van der Waals surface area contributed by atoms with Crippen molar-refractivity contribution in [1.82, 2.24) is 4.90 Å². The molecule has 0 amide bonds. The Morgan fingerprint density at radius 3 is 2.57 bits per heavy atom. The fourth-order valence-corrected chi connectivity index (χ4v) is 1.84. The van der Waals surface area contributed by atoms with Gasteiger partial charge in [-0.05, 0) is 5.56 Å². The van der Waals surface area contributed by atoms with Crippen molar-refractivity contribution in [3.63, 3.8) is 0 Å². The predicted molar refractivity (Wildman–Crippen MR) is 53.7 cm³/mol. The highest BCUT2D eigenvalue weighted by atomic mass is 16.3. The second kappa shape index (κ2) is 4.09. The average molecular weight is 193 g/mol. The normalized spacial score (nSPS) is 27.3. The molecule has 1 aromatic carbocycles. The lowest BCUT2D eigenvalue weighted by Crippen LogP contribution is -2.61. The Morgan fingerprint density at radius 1 is 1.29 bits per heavy atom. The molecule has 3 heteroatoms. The minimum absolute atomic E-state index is 0.0357. The van der Waals surface area contributed by atoms with Crippen molar-refractivity contribution in [3.05, 3.63) is 35.9 Å². The second-order valence-corrected chi connectivity index (χ2v) is 3.73. The van der Waals surface area contributed by atoms with Gasteiger partial charge in [0.05, 0.1) is 18.8 Å². The van der Waals surface area contributed by atoms with Gasteiger partial charge in [-0.15, -0.1) is 0 Å². The van der Waals surface area contributed by atoms with Gasteiger partial charge in [0.25, 0.3) is 0 Å². The summed E-state index contributed by atoms with van der Waals surface area (Å²) in [6.45, 7) is 1.51. The highest BCUT2D eigenvalue weighted by Crippen LogP contribution is 2.20. The zero-order valence-electron chi connectivity index (χ0n) is 8.00. The fraction of sp³-hybridized carbons (Fsp3) is 0.455. The molecule has 76 valence electrons. The monoisotopic (exact) mass is 193 g/mol. The van der Waals surface area contributed by atoms with Gasteiger partial charge in [0.1, 0.15) is 0 Å². The molecule has 1 saturated heterocycles. The summed E-state index contributed by atoms with van der Waals surface area (Å²) in [6, 6.07) is 10.0. The van der Waals surface area contributed by atoms with Crippen molar-refractivity contribution in [1.29, 1.82) is 0 Å². The van der Waals surface area contributed by atoms with E-state index in [-0.39, 0.29) is 18.8 Å². The third kappa shape index (κ3) is 1.80. The maximum absolute atomic E-state index is 9.35. The van der Waals surface area contributed by atoms with E-state index in [4.69, 9.17) is 5.11 Å². The average Bonchev–Trinajstić information content (AvgIpc) is 2.19. The van der Waals surface area contributed by atoms with Crippen LogP contribution in [0.2, 0.25) is 0 Å². The Labute approximate surface area is 83.6 Å². The van der Waals surface area contributed by atoms with Crippen LogP contribution in [0.25, 0.3) is 0 Å². The first-order valence-corrected chi connectivity index (χ1v) is 4.88. The first-order chi connectivity index (χ1) is 6.81. The van der Waals surface area contributed by atoms with Gasteiger partial charge in [0, 0.05) is 13.1 Å². The van der Waals surface area contributed by atoms with Crippen LogP contribution in [0.4, 0.5) is 0 Å². The van der Waals surface area contributed by atoms with Crippen molar-refractivity contribution in [2.45, 2.75) is 18.7 Å². The smallest absolute Gasteiger partial charge is 0.0844 e. The van der Waals surface area contributed by atoms with Crippen molar-refractivity contribution >= 4 is 0 Å². The van der Waals surface area contributed by atoms with Crippen molar-refractivity contribution in [2.24, 2.45) is 0 Å².